The van der Waals surface area contributed by atoms with E-state index in [1.807, 2.05) is 11.8 Å². The quantitative estimate of drug-likeness (QED) is 0.670. The van der Waals surface area contributed by atoms with Gasteiger partial charge < -0.3 is 9.64 Å². The lowest BCUT2D eigenvalue weighted by atomic mass is 9.80. The van der Waals surface area contributed by atoms with Gasteiger partial charge in [0.05, 0.1) is 0 Å². The van der Waals surface area contributed by atoms with Gasteiger partial charge in [-0.1, -0.05) is 0 Å². The standard InChI is InChI=1S/C11H19NO2/c1-8(14-2)11(13)12-7-9-3-5-10(12)6-4-9/h8-10H,3-7H2,1-2H3. The number of nitrogens with zero attached hydrogens (tertiary/aromatic N) is 1. The zero-order valence-corrected chi connectivity index (χ0v) is 9.03. The summed E-state index contributed by atoms with van der Waals surface area (Å²) in [5, 5.41) is 0. The fourth-order valence-corrected chi connectivity index (χ4v) is 2.67. The Balaban J connectivity index is 2.01. The molecule has 3 aliphatic rings. The average molecular weight is 197 g/mol. The van der Waals surface area contributed by atoms with Crippen LogP contribution in [-0.2, 0) is 9.53 Å². The van der Waals surface area contributed by atoms with Crippen molar-refractivity contribution < 1.29 is 9.53 Å². The van der Waals surface area contributed by atoms with Crippen LogP contribution in [0, 0.1) is 5.92 Å². The largest absolute Gasteiger partial charge is 0.372 e. The fraction of sp³-hybridized carbons (Fsp3) is 0.909. The highest BCUT2D eigenvalue weighted by atomic mass is 16.5. The summed E-state index contributed by atoms with van der Waals surface area (Å²) in [4.78, 5) is 14.0. The Morgan fingerprint density at radius 2 is 2.00 bits per heavy atom. The molecule has 1 amide bonds. The predicted octanol–water partition coefficient (Wildman–Crippen LogP) is 1.42. The van der Waals surface area contributed by atoms with Crippen molar-refractivity contribution in [1.82, 2.24) is 4.90 Å². The molecular weight excluding hydrogens is 178 g/mol. The molecule has 1 unspecified atom stereocenters. The van der Waals surface area contributed by atoms with Crippen molar-refractivity contribution in [1.29, 1.82) is 0 Å². The molecule has 0 aromatic carbocycles. The number of piperidine rings is 2. The first-order chi connectivity index (χ1) is 6.72. The van der Waals surface area contributed by atoms with Gasteiger partial charge in [0.2, 0.25) is 0 Å². The Kier molecular flexibility index (Phi) is 2.77. The Labute approximate surface area is 85.4 Å². The average Bonchev–Trinajstić information content (AvgIpc) is 2.28. The maximum atomic E-state index is 11.9. The normalized spacial score (nSPS) is 33.1. The Hall–Kier alpha value is -0.570. The van der Waals surface area contributed by atoms with Crippen LogP contribution in [-0.4, -0.2) is 36.6 Å². The van der Waals surface area contributed by atoms with Gasteiger partial charge in [-0.2, -0.15) is 0 Å². The van der Waals surface area contributed by atoms with Crippen LogP contribution < -0.4 is 0 Å². The van der Waals surface area contributed by atoms with Crippen LogP contribution in [0.4, 0.5) is 0 Å². The van der Waals surface area contributed by atoms with E-state index in [1.165, 1.54) is 25.7 Å². The number of methoxy groups -OCH3 is 1. The minimum absolute atomic E-state index is 0.182. The summed E-state index contributed by atoms with van der Waals surface area (Å²) in [6.07, 6.45) is 4.76. The highest BCUT2D eigenvalue weighted by molar-refractivity contribution is 5.81. The lowest BCUT2D eigenvalue weighted by Crippen LogP contribution is -2.53. The summed E-state index contributed by atoms with van der Waals surface area (Å²) >= 11 is 0. The van der Waals surface area contributed by atoms with E-state index in [9.17, 15) is 4.79 Å². The monoisotopic (exact) mass is 197 g/mol. The molecule has 2 bridgehead atoms. The maximum absolute atomic E-state index is 11.9. The highest BCUT2D eigenvalue weighted by Gasteiger charge is 2.37. The molecule has 0 spiro atoms. The Morgan fingerprint density at radius 3 is 2.43 bits per heavy atom. The number of rotatable bonds is 2. The molecule has 1 atom stereocenters. The lowest BCUT2D eigenvalue weighted by Gasteiger charge is -2.46. The molecule has 0 N–H and O–H groups in total. The molecular formula is C11H19NO2. The van der Waals surface area contributed by atoms with Gasteiger partial charge in [0.25, 0.3) is 5.91 Å². The van der Waals surface area contributed by atoms with Crippen LogP contribution in [0.3, 0.4) is 0 Å². The third-order valence-electron chi connectivity index (χ3n) is 3.70. The van der Waals surface area contributed by atoms with Gasteiger partial charge in [-0.05, 0) is 38.5 Å². The molecule has 1 aliphatic carbocycles. The van der Waals surface area contributed by atoms with E-state index in [0.717, 1.165) is 12.5 Å². The number of hydrogen-bond donors (Lipinski definition) is 0. The molecule has 2 heterocycles. The summed E-state index contributed by atoms with van der Waals surface area (Å²) in [5.74, 6) is 0.940. The molecule has 3 heteroatoms. The Bertz CT molecular complexity index is 221. The van der Waals surface area contributed by atoms with Gasteiger partial charge in [0, 0.05) is 19.7 Å². The van der Waals surface area contributed by atoms with Gasteiger partial charge in [0.1, 0.15) is 6.10 Å². The van der Waals surface area contributed by atoms with E-state index in [-0.39, 0.29) is 12.0 Å². The molecule has 3 fully saturated rings. The van der Waals surface area contributed by atoms with Crippen molar-refractivity contribution in [2.45, 2.75) is 44.8 Å². The van der Waals surface area contributed by atoms with E-state index in [0.29, 0.717) is 6.04 Å². The number of amides is 1. The molecule has 80 valence electrons. The number of ether oxygens (including phenoxy) is 1. The zero-order chi connectivity index (χ0) is 10.1. The maximum Gasteiger partial charge on any atom is 0.251 e. The minimum Gasteiger partial charge on any atom is -0.372 e. The molecule has 2 saturated heterocycles. The SMILES string of the molecule is COC(C)C(=O)N1CC2CCC1CC2. The number of fused-ring (bicyclic) bond motifs is 3. The molecule has 3 nitrogen and oxygen atoms in total. The van der Waals surface area contributed by atoms with Crippen LogP contribution in [0.2, 0.25) is 0 Å². The fourth-order valence-electron chi connectivity index (χ4n) is 2.67. The number of carbonyl (C=O) groups excluding carboxylic acids is 1. The van der Waals surface area contributed by atoms with Crippen molar-refractivity contribution in [3.63, 3.8) is 0 Å². The summed E-state index contributed by atoms with van der Waals surface area (Å²) in [6, 6.07) is 0.505. The van der Waals surface area contributed by atoms with Crippen molar-refractivity contribution in [3.05, 3.63) is 0 Å². The number of hydrogen-bond acceptors (Lipinski definition) is 2. The summed E-state index contributed by atoms with van der Waals surface area (Å²) < 4.78 is 5.08. The van der Waals surface area contributed by atoms with E-state index in [4.69, 9.17) is 4.74 Å². The second-order valence-electron chi connectivity index (χ2n) is 4.54. The van der Waals surface area contributed by atoms with Crippen molar-refractivity contribution in [2.75, 3.05) is 13.7 Å². The summed E-state index contributed by atoms with van der Waals surface area (Å²) in [5.41, 5.74) is 0. The molecule has 2 aliphatic heterocycles. The summed E-state index contributed by atoms with van der Waals surface area (Å²) in [6.45, 7) is 2.81. The molecule has 0 aromatic rings. The Morgan fingerprint density at radius 1 is 1.36 bits per heavy atom. The van der Waals surface area contributed by atoms with Crippen molar-refractivity contribution >= 4 is 5.91 Å². The zero-order valence-electron chi connectivity index (χ0n) is 9.03. The van der Waals surface area contributed by atoms with Crippen molar-refractivity contribution in [3.8, 4) is 0 Å². The van der Waals surface area contributed by atoms with E-state index < -0.39 is 0 Å². The van der Waals surface area contributed by atoms with E-state index >= 15 is 0 Å². The first-order valence-corrected chi connectivity index (χ1v) is 5.55. The van der Waals surface area contributed by atoms with Crippen LogP contribution in [0.1, 0.15) is 32.6 Å². The van der Waals surface area contributed by atoms with Gasteiger partial charge in [-0.3, -0.25) is 4.79 Å². The van der Waals surface area contributed by atoms with Gasteiger partial charge in [0.15, 0.2) is 0 Å². The van der Waals surface area contributed by atoms with Crippen LogP contribution in [0.25, 0.3) is 0 Å². The smallest absolute Gasteiger partial charge is 0.251 e. The topological polar surface area (TPSA) is 29.5 Å². The first-order valence-electron chi connectivity index (χ1n) is 5.55. The van der Waals surface area contributed by atoms with Gasteiger partial charge >= 0.3 is 0 Å². The minimum atomic E-state index is -0.269. The van der Waals surface area contributed by atoms with Gasteiger partial charge in [-0.15, -0.1) is 0 Å². The van der Waals surface area contributed by atoms with Gasteiger partial charge in [-0.25, -0.2) is 0 Å². The van der Waals surface area contributed by atoms with Crippen LogP contribution in [0.5, 0.6) is 0 Å². The predicted molar refractivity (Wildman–Crippen MR) is 53.9 cm³/mol. The van der Waals surface area contributed by atoms with E-state index in [1.54, 1.807) is 7.11 Å². The van der Waals surface area contributed by atoms with Crippen LogP contribution in [0.15, 0.2) is 0 Å². The third-order valence-corrected chi connectivity index (χ3v) is 3.70. The molecule has 1 saturated carbocycles. The first kappa shape index (κ1) is 9.97. The second kappa shape index (κ2) is 3.89. The lowest BCUT2D eigenvalue weighted by molar-refractivity contribution is -0.148. The number of carbonyl (C=O) groups is 1. The van der Waals surface area contributed by atoms with Crippen molar-refractivity contribution in [2.24, 2.45) is 5.92 Å². The molecule has 3 rings (SSSR count). The highest BCUT2D eigenvalue weighted by Crippen LogP contribution is 2.35. The summed E-state index contributed by atoms with van der Waals surface area (Å²) in [7, 11) is 1.60. The third kappa shape index (κ3) is 1.65. The molecule has 0 radical (unpaired) electrons. The van der Waals surface area contributed by atoms with E-state index in [2.05, 4.69) is 0 Å². The molecule has 0 aromatic heterocycles. The van der Waals surface area contributed by atoms with Crippen LogP contribution >= 0.6 is 0 Å². The molecule has 14 heavy (non-hydrogen) atoms. The second-order valence-corrected chi connectivity index (χ2v) is 4.54.